The highest BCUT2D eigenvalue weighted by Gasteiger charge is 2.25. The Hall–Kier alpha value is -1.30. The van der Waals surface area contributed by atoms with Crippen molar-refractivity contribution in [3.63, 3.8) is 0 Å². The molecule has 24 heavy (non-hydrogen) atoms. The molecule has 1 aromatic heterocycles. The zero-order chi connectivity index (χ0) is 16.9. The lowest BCUT2D eigenvalue weighted by atomic mass is 10.2. The Morgan fingerprint density at radius 3 is 2.83 bits per heavy atom. The van der Waals surface area contributed by atoms with Crippen LogP contribution in [-0.2, 0) is 6.54 Å². The van der Waals surface area contributed by atoms with Crippen LogP contribution in [0.3, 0.4) is 0 Å². The summed E-state index contributed by atoms with van der Waals surface area (Å²) in [5, 5.41) is 6.85. The average molecular weight is 381 g/mol. The molecule has 0 aliphatic heterocycles. The topological polar surface area (TPSA) is 24.5 Å². The molecule has 1 fully saturated rings. The lowest BCUT2D eigenvalue weighted by molar-refractivity contribution is 0.314. The zero-order valence-corrected chi connectivity index (χ0v) is 16.0. The van der Waals surface area contributed by atoms with Crippen molar-refractivity contribution in [2.75, 3.05) is 12.4 Å². The standard InChI is InChI=1S/C18H21ClN2OS2/c1-22-17-9-8-13(19)11-16(17)20-18(23)21(14-5-2-3-6-14)12-15-7-4-10-24-15/h4,7-11,14H,2-3,5-6,12H2,1H3,(H,20,23). The fourth-order valence-electron chi connectivity index (χ4n) is 3.12. The van der Waals surface area contributed by atoms with Crippen LogP contribution in [0.15, 0.2) is 35.7 Å². The van der Waals surface area contributed by atoms with Crippen LogP contribution in [0.4, 0.5) is 5.69 Å². The fraction of sp³-hybridized carbons (Fsp3) is 0.389. The molecular weight excluding hydrogens is 360 g/mol. The number of hydrogen-bond acceptors (Lipinski definition) is 3. The van der Waals surface area contributed by atoms with Gasteiger partial charge < -0.3 is 15.0 Å². The first-order valence-corrected chi connectivity index (χ1v) is 9.77. The maximum absolute atomic E-state index is 6.13. The van der Waals surface area contributed by atoms with Gasteiger partial charge in [0.15, 0.2) is 5.11 Å². The molecule has 0 radical (unpaired) electrons. The summed E-state index contributed by atoms with van der Waals surface area (Å²) in [7, 11) is 1.65. The first kappa shape index (κ1) is 17.5. The molecule has 0 amide bonds. The van der Waals surface area contributed by atoms with Crippen LogP contribution < -0.4 is 10.1 Å². The number of methoxy groups -OCH3 is 1. The normalized spacial score (nSPS) is 14.6. The van der Waals surface area contributed by atoms with Gasteiger partial charge in [-0.1, -0.05) is 30.5 Å². The molecule has 0 spiro atoms. The summed E-state index contributed by atoms with van der Waals surface area (Å²) in [4.78, 5) is 3.64. The first-order chi connectivity index (χ1) is 11.7. The summed E-state index contributed by atoms with van der Waals surface area (Å²) in [6.07, 6.45) is 4.93. The maximum Gasteiger partial charge on any atom is 0.174 e. The molecule has 1 aliphatic carbocycles. The lowest BCUT2D eigenvalue weighted by Gasteiger charge is -2.31. The van der Waals surface area contributed by atoms with Gasteiger partial charge in [0.05, 0.1) is 19.3 Å². The van der Waals surface area contributed by atoms with Gasteiger partial charge in [-0.3, -0.25) is 0 Å². The van der Waals surface area contributed by atoms with Crippen molar-refractivity contribution >= 4 is 46.0 Å². The van der Waals surface area contributed by atoms with Crippen molar-refractivity contribution in [2.24, 2.45) is 0 Å². The summed E-state index contributed by atoms with van der Waals surface area (Å²) in [6.45, 7) is 0.844. The highest BCUT2D eigenvalue weighted by molar-refractivity contribution is 7.80. The number of anilines is 1. The number of nitrogens with one attached hydrogen (secondary N) is 1. The largest absolute Gasteiger partial charge is 0.495 e. The van der Waals surface area contributed by atoms with E-state index in [1.54, 1.807) is 18.4 Å². The van der Waals surface area contributed by atoms with E-state index in [1.165, 1.54) is 30.6 Å². The van der Waals surface area contributed by atoms with Crippen LogP contribution in [0.5, 0.6) is 5.75 Å². The van der Waals surface area contributed by atoms with Crippen LogP contribution in [0, 0.1) is 0 Å². The predicted octanol–water partition coefficient (Wildman–Crippen LogP) is 5.55. The van der Waals surface area contributed by atoms with Crippen molar-refractivity contribution in [1.82, 2.24) is 4.90 Å². The minimum Gasteiger partial charge on any atom is -0.495 e. The second-order valence-electron chi connectivity index (χ2n) is 5.92. The fourth-order valence-corrected chi connectivity index (χ4v) is 4.32. The van der Waals surface area contributed by atoms with Crippen molar-refractivity contribution in [3.05, 3.63) is 45.6 Å². The monoisotopic (exact) mass is 380 g/mol. The highest BCUT2D eigenvalue weighted by atomic mass is 35.5. The predicted molar refractivity (Wildman–Crippen MR) is 106 cm³/mol. The molecule has 3 rings (SSSR count). The van der Waals surface area contributed by atoms with Crippen molar-refractivity contribution in [1.29, 1.82) is 0 Å². The van der Waals surface area contributed by atoms with Gasteiger partial charge in [0.1, 0.15) is 5.75 Å². The minimum absolute atomic E-state index is 0.497. The van der Waals surface area contributed by atoms with E-state index in [0.29, 0.717) is 11.1 Å². The average Bonchev–Trinajstić information content (AvgIpc) is 3.26. The molecule has 0 saturated heterocycles. The number of halogens is 1. The summed E-state index contributed by atoms with van der Waals surface area (Å²) < 4.78 is 5.42. The number of ether oxygens (including phenoxy) is 1. The van der Waals surface area contributed by atoms with Gasteiger partial charge in [-0.25, -0.2) is 0 Å². The van der Waals surface area contributed by atoms with Gasteiger partial charge in [0, 0.05) is 15.9 Å². The van der Waals surface area contributed by atoms with Gasteiger partial charge >= 0.3 is 0 Å². The van der Waals surface area contributed by atoms with Gasteiger partial charge in [-0.05, 0) is 54.7 Å². The van der Waals surface area contributed by atoms with E-state index in [-0.39, 0.29) is 0 Å². The first-order valence-electron chi connectivity index (χ1n) is 8.11. The van der Waals surface area contributed by atoms with Gasteiger partial charge in [-0.15, -0.1) is 11.3 Å². The molecule has 1 saturated carbocycles. The Morgan fingerprint density at radius 1 is 1.38 bits per heavy atom. The van der Waals surface area contributed by atoms with E-state index >= 15 is 0 Å². The van der Waals surface area contributed by atoms with Crippen LogP contribution in [0.1, 0.15) is 30.6 Å². The Labute approximate surface area is 157 Å². The summed E-state index contributed by atoms with van der Waals surface area (Å²) in [5.74, 6) is 0.740. The Balaban J connectivity index is 1.79. The lowest BCUT2D eigenvalue weighted by Crippen LogP contribution is -2.40. The SMILES string of the molecule is COc1ccc(Cl)cc1NC(=S)N(Cc1cccs1)C1CCCC1. The highest BCUT2D eigenvalue weighted by Crippen LogP contribution is 2.30. The number of nitrogens with zero attached hydrogens (tertiary/aromatic N) is 1. The van der Waals surface area contributed by atoms with E-state index in [0.717, 1.165) is 23.1 Å². The van der Waals surface area contributed by atoms with Crippen LogP contribution >= 0.6 is 35.2 Å². The van der Waals surface area contributed by atoms with Crippen LogP contribution in [0.25, 0.3) is 0 Å². The van der Waals surface area contributed by atoms with E-state index in [9.17, 15) is 0 Å². The summed E-state index contributed by atoms with van der Waals surface area (Å²) >= 11 is 13.6. The number of rotatable bonds is 5. The maximum atomic E-state index is 6.13. The molecule has 1 heterocycles. The van der Waals surface area contributed by atoms with E-state index in [2.05, 4.69) is 27.7 Å². The van der Waals surface area contributed by atoms with Gasteiger partial charge in [0.2, 0.25) is 0 Å². The Bertz CT molecular complexity index is 684. The van der Waals surface area contributed by atoms with Crippen molar-refractivity contribution in [3.8, 4) is 5.75 Å². The van der Waals surface area contributed by atoms with Crippen LogP contribution in [0.2, 0.25) is 5.02 Å². The van der Waals surface area contributed by atoms with E-state index in [1.807, 2.05) is 18.2 Å². The molecule has 2 aromatic rings. The number of hydrogen-bond donors (Lipinski definition) is 1. The third-order valence-electron chi connectivity index (χ3n) is 4.34. The molecule has 0 atom stereocenters. The molecule has 1 aliphatic rings. The number of thiocarbonyl (C=S) groups is 1. The molecule has 128 valence electrons. The van der Waals surface area contributed by atoms with Crippen molar-refractivity contribution < 1.29 is 4.74 Å². The molecule has 0 bridgehead atoms. The summed E-state index contributed by atoms with van der Waals surface area (Å²) in [5.41, 5.74) is 0.809. The second-order valence-corrected chi connectivity index (χ2v) is 7.78. The molecule has 1 N–H and O–H groups in total. The quantitative estimate of drug-likeness (QED) is 0.687. The van der Waals surface area contributed by atoms with Crippen molar-refractivity contribution in [2.45, 2.75) is 38.3 Å². The van der Waals surface area contributed by atoms with Gasteiger partial charge in [0.25, 0.3) is 0 Å². The Kier molecular flexibility index (Phi) is 5.98. The van der Waals surface area contributed by atoms with E-state index in [4.69, 9.17) is 28.6 Å². The third kappa shape index (κ3) is 4.21. The number of thiophene rings is 1. The van der Waals surface area contributed by atoms with E-state index < -0.39 is 0 Å². The Morgan fingerprint density at radius 2 is 2.17 bits per heavy atom. The third-order valence-corrected chi connectivity index (χ3v) is 5.77. The summed E-state index contributed by atoms with van der Waals surface area (Å²) in [6, 6.07) is 10.3. The number of benzene rings is 1. The molecule has 3 nitrogen and oxygen atoms in total. The molecule has 6 heteroatoms. The second kappa shape index (κ2) is 8.19. The van der Waals surface area contributed by atoms with Gasteiger partial charge in [-0.2, -0.15) is 0 Å². The molecule has 1 aromatic carbocycles. The smallest absolute Gasteiger partial charge is 0.174 e. The molecule has 0 unspecified atom stereocenters. The molecular formula is C18H21ClN2OS2. The minimum atomic E-state index is 0.497. The zero-order valence-electron chi connectivity index (χ0n) is 13.6. The van der Waals surface area contributed by atoms with Crippen LogP contribution in [-0.4, -0.2) is 23.2 Å².